The molecule has 3 heterocycles. The molecule has 0 radical (unpaired) electrons. The molecule has 2 amide bonds. The third kappa shape index (κ3) is 3.45. The first-order valence-corrected chi connectivity index (χ1v) is 11.4. The molecular weight excluding hydrogens is 498 g/mol. The molecule has 0 aliphatic heterocycles. The second-order valence-corrected chi connectivity index (χ2v) is 9.51. The number of anilines is 2. The zero-order chi connectivity index (χ0) is 26.3. The van der Waals surface area contributed by atoms with Crippen LogP contribution in [0.15, 0.2) is 30.6 Å². The number of pyridine rings is 2. The summed E-state index contributed by atoms with van der Waals surface area (Å²) in [5.41, 5.74) is -0.384. The molecular formula is C23H19F4N7O3. The van der Waals surface area contributed by atoms with Crippen LogP contribution in [-0.4, -0.2) is 42.9 Å². The Morgan fingerprint density at radius 2 is 1.97 bits per heavy atom. The zero-order valence-electron chi connectivity index (χ0n) is 19.4. The molecule has 2 bridgehead atoms. The second-order valence-electron chi connectivity index (χ2n) is 9.51. The van der Waals surface area contributed by atoms with E-state index in [2.05, 4.69) is 30.9 Å². The van der Waals surface area contributed by atoms with Crippen molar-refractivity contribution in [3.05, 3.63) is 47.9 Å². The summed E-state index contributed by atoms with van der Waals surface area (Å²) < 4.78 is 61.3. The predicted molar refractivity (Wildman–Crippen MR) is 118 cm³/mol. The third-order valence-electron chi connectivity index (χ3n) is 7.46. The molecule has 4 aliphatic carbocycles. The van der Waals surface area contributed by atoms with Crippen molar-refractivity contribution in [3.8, 4) is 11.4 Å². The van der Waals surface area contributed by atoms with Gasteiger partial charge in [0.15, 0.2) is 11.5 Å². The lowest BCUT2D eigenvalue weighted by Gasteiger charge is -2.15. The van der Waals surface area contributed by atoms with Gasteiger partial charge in [-0.05, 0) is 37.0 Å². The van der Waals surface area contributed by atoms with E-state index in [1.54, 1.807) is 0 Å². The molecule has 5 atom stereocenters. The van der Waals surface area contributed by atoms with E-state index in [4.69, 9.17) is 4.74 Å². The van der Waals surface area contributed by atoms with E-state index >= 15 is 0 Å². The van der Waals surface area contributed by atoms with Crippen molar-refractivity contribution < 1.29 is 31.9 Å². The molecule has 0 saturated heterocycles. The number of amides is 2. The molecule has 3 aromatic heterocycles. The Kier molecular flexibility index (Phi) is 4.85. The first-order valence-electron chi connectivity index (χ1n) is 11.4. The Balaban J connectivity index is 1.12. The van der Waals surface area contributed by atoms with Gasteiger partial charge >= 0.3 is 6.09 Å². The van der Waals surface area contributed by atoms with Gasteiger partial charge in [-0.3, -0.25) is 15.1 Å². The van der Waals surface area contributed by atoms with Crippen LogP contribution in [0.2, 0.25) is 0 Å². The highest BCUT2D eigenvalue weighted by atomic mass is 19.3. The predicted octanol–water partition coefficient (Wildman–Crippen LogP) is 3.70. The minimum absolute atomic E-state index is 0.107. The Labute approximate surface area is 206 Å². The lowest BCUT2D eigenvalue weighted by molar-refractivity contribution is -0.121. The monoisotopic (exact) mass is 517 g/mol. The summed E-state index contributed by atoms with van der Waals surface area (Å²) in [4.78, 5) is 32.6. The Bertz CT molecular complexity index is 1440. The van der Waals surface area contributed by atoms with Gasteiger partial charge in [0.05, 0.1) is 34.8 Å². The average molecular weight is 517 g/mol. The minimum atomic E-state index is -2.77. The van der Waals surface area contributed by atoms with Crippen molar-refractivity contribution in [2.24, 2.45) is 30.2 Å². The number of carbonyl (C=O) groups is 2. The summed E-state index contributed by atoms with van der Waals surface area (Å²) in [7, 11) is 1.51. The molecule has 4 fully saturated rings. The summed E-state index contributed by atoms with van der Waals surface area (Å²) in [6.07, 6.45) is -0.311. The number of rotatable bonds is 6. The van der Waals surface area contributed by atoms with Gasteiger partial charge < -0.3 is 10.1 Å². The first kappa shape index (κ1) is 23.3. The van der Waals surface area contributed by atoms with Gasteiger partial charge in [-0.25, -0.2) is 27.6 Å². The number of halogens is 4. The molecule has 1 unspecified atom stereocenters. The highest BCUT2D eigenvalue weighted by molar-refractivity contribution is 6.02. The van der Waals surface area contributed by atoms with Crippen LogP contribution >= 0.6 is 0 Å². The third-order valence-corrected chi connectivity index (χ3v) is 7.46. The standard InChI is InChI=1S/C23H19F4N7O3/c1-9(12-5-10(24)7-29-18(12)25)37-21(36)31-19-16(32-33-34(19)2)14-4-3-11(8-28-14)30-20(35)23-13-6-22(26,27)17(23)15(13)23/h3-5,7-9,13,15,17H,6H2,1-2H3,(H,30,35)(H,31,36)/t9-,13-,15-,17?,23-/m1/s1. The lowest BCUT2D eigenvalue weighted by atomic mass is 10.0. The van der Waals surface area contributed by atoms with Crippen molar-refractivity contribution in [1.82, 2.24) is 25.0 Å². The lowest BCUT2D eigenvalue weighted by Crippen LogP contribution is -2.24. The number of alkyl halides is 2. The molecule has 2 N–H and O–H groups in total. The fraction of sp³-hybridized carbons (Fsp3) is 0.391. The molecule has 4 saturated carbocycles. The molecule has 192 valence electrons. The van der Waals surface area contributed by atoms with Crippen LogP contribution in [0.3, 0.4) is 0 Å². The van der Waals surface area contributed by atoms with Crippen LogP contribution < -0.4 is 10.6 Å². The van der Waals surface area contributed by atoms with Crippen molar-refractivity contribution >= 4 is 23.5 Å². The number of nitrogens with one attached hydrogen (secondary N) is 2. The van der Waals surface area contributed by atoms with E-state index < -0.39 is 47.1 Å². The largest absolute Gasteiger partial charge is 0.441 e. The van der Waals surface area contributed by atoms with Gasteiger partial charge in [-0.1, -0.05) is 5.21 Å². The SMILES string of the molecule is C[C@@H](OC(=O)Nc1c(-c2ccc(NC(=O)[C@@]34C5[C@H]3[C@H]4CC5(F)F)cn2)nnn1C)c1cc(F)cnc1F. The van der Waals surface area contributed by atoms with Gasteiger partial charge in [-0.2, -0.15) is 4.39 Å². The smallest absolute Gasteiger partial charge is 0.413 e. The number of fused-ring (bicyclic) bond motifs is 1. The first-order chi connectivity index (χ1) is 17.5. The number of hydrogen-bond donors (Lipinski definition) is 2. The number of aryl methyl sites for hydroxylation is 1. The Hall–Kier alpha value is -4.10. The number of ether oxygens (including phenoxy) is 1. The molecule has 10 nitrogen and oxygen atoms in total. The molecule has 14 heteroatoms. The number of carbonyl (C=O) groups excluding carboxylic acids is 2. The van der Waals surface area contributed by atoms with E-state index in [0.29, 0.717) is 11.9 Å². The fourth-order valence-electron chi connectivity index (χ4n) is 5.67. The van der Waals surface area contributed by atoms with Crippen LogP contribution in [0.25, 0.3) is 11.4 Å². The van der Waals surface area contributed by atoms with E-state index in [-0.39, 0.29) is 41.0 Å². The van der Waals surface area contributed by atoms with Crippen LogP contribution in [0.4, 0.5) is 33.9 Å². The maximum Gasteiger partial charge on any atom is 0.413 e. The van der Waals surface area contributed by atoms with Crippen molar-refractivity contribution in [3.63, 3.8) is 0 Å². The summed E-state index contributed by atoms with van der Waals surface area (Å²) in [5, 5.41) is 13.0. The summed E-state index contributed by atoms with van der Waals surface area (Å²) in [6.45, 7) is 1.35. The molecule has 7 rings (SSSR count). The normalized spacial score (nSPS) is 26.7. The maximum atomic E-state index is 13.9. The molecule has 3 aromatic rings. The quantitative estimate of drug-likeness (QED) is 0.378. The van der Waals surface area contributed by atoms with Gasteiger partial charge in [-0.15, -0.1) is 5.10 Å². The van der Waals surface area contributed by atoms with E-state index in [9.17, 15) is 27.2 Å². The average Bonchev–Trinajstić information content (AvgIpc) is 3.58. The van der Waals surface area contributed by atoms with E-state index in [1.807, 2.05) is 0 Å². The zero-order valence-corrected chi connectivity index (χ0v) is 19.4. The molecule has 37 heavy (non-hydrogen) atoms. The van der Waals surface area contributed by atoms with E-state index in [1.165, 1.54) is 37.0 Å². The van der Waals surface area contributed by atoms with Gasteiger partial charge in [0, 0.05) is 19.4 Å². The van der Waals surface area contributed by atoms with Crippen molar-refractivity contribution in [1.29, 1.82) is 0 Å². The second kappa shape index (κ2) is 7.70. The number of hydrogen-bond acceptors (Lipinski definition) is 7. The van der Waals surface area contributed by atoms with Crippen LogP contribution in [-0.2, 0) is 16.6 Å². The van der Waals surface area contributed by atoms with Crippen LogP contribution in [0.5, 0.6) is 0 Å². The summed E-state index contributed by atoms with van der Waals surface area (Å²) in [5.74, 6) is -6.16. The number of aromatic nitrogens is 5. The molecule has 0 spiro atoms. The fourth-order valence-corrected chi connectivity index (χ4v) is 5.67. The van der Waals surface area contributed by atoms with Crippen molar-refractivity contribution in [2.45, 2.75) is 25.4 Å². The topological polar surface area (TPSA) is 124 Å². The summed E-state index contributed by atoms with van der Waals surface area (Å²) in [6, 6.07) is 3.93. The van der Waals surface area contributed by atoms with E-state index in [0.717, 1.165) is 6.07 Å². The summed E-state index contributed by atoms with van der Waals surface area (Å²) >= 11 is 0. The van der Waals surface area contributed by atoms with Crippen molar-refractivity contribution in [2.75, 3.05) is 10.6 Å². The highest BCUT2D eigenvalue weighted by Gasteiger charge is 3.00. The highest BCUT2D eigenvalue weighted by Crippen LogP contribution is 2.94. The van der Waals surface area contributed by atoms with Crippen LogP contribution in [0, 0.1) is 34.9 Å². The molecule has 4 aliphatic rings. The van der Waals surface area contributed by atoms with Gasteiger partial charge in [0.25, 0.3) is 5.92 Å². The maximum absolute atomic E-state index is 13.9. The van der Waals surface area contributed by atoms with Gasteiger partial charge in [0.1, 0.15) is 11.9 Å². The van der Waals surface area contributed by atoms with Crippen LogP contribution in [0.1, 0.15) is 25.0 Å². The minimum Gasteiger partial charge on any atom is -0.441 e. The Morgan fingerprint density at radius 1 is 1.19 bits per heavy atom. The van der Waals surface area contributed by atoms with Gasteiger partial charge in [0.2, 0.25) is 11.9 Å². The molecule has 0 aromatic carbocycles. The number of nitrogens with zero attached hydrogens (tertiary/aromatic N) is 5. The Morgan fingerprint density at radius 3 is 2.62 bits per heavy atom.